The van der Waals surface area contributed by atoms with Crippen LogP contribution in [0.2, 0.25) is 0 Å². The van der Waals surface area contributed by atoms with Gasteiger partial charge in [-0.25, -0.2) is 0 Å². The summed E-state index contributed by atoms with van der Waals surface area (Å²) in [5.41, 5.74) is 5.89. The van der Waals surface area contributed by atoms with Crippen molar-refractivity contribution >= 4 is 47.9 Å². The molecule has 0 amide bonds. The maximum Gasteiger partial charge on any atom is 0.0701 e. The molecule has 0 spiro atoms. The molecular weight excluding hydrogens is 477 g/mol. The summed E-state index contributed by atoms with van der Waals surface area (Å²) in [4.78, 5) is 3.82. The molecule has 0 fully saturated rings. The van der Waals surface area contributed by atoms with E-state index < -0.39 is 5.41 Å². The first-order valence-corrected chi connectivity index (χ1v) is 15.1. The summed E-state index contributed by atoms with van der Waals surface area (Å²) in [6, 6.07) is 36.2. The lowest BCUT2D eigenvalue weighted by atomic mass is 9.65. The lowest BCUT2D eigenvalue weighted by Gasteiger charge is -2.37. The summed E-state index contributed by atoms with van der Waals surface area (Å²) < 4.78 is 0. The summed E-state index contributed by atoms with van der Waals surface area (Å²) in [6.45, 7) is 0. The fraction of sp³-hybridized carbons (Fsp3) is 0.172. The van der Waals surface area contributed by atoms with E-state index in [9.17, 15) is 0 Å². The highest BCUT2D eigenvalue weighted by Crippen LogP contribution is 2.46. The molecule has 0 saturated heterocycles. The number of thioether (sulfide) groups is 3. The van der Waals surface area contributed by atoms with Gasteiger partial charge in [0.1, 0.15) is 0 Å². The van der Waals surface area contributed by atoms with Gasteiger partial charge in [-0.15, -0.1) is 35.3 Å². The van der Waals surface area contributed by atoms with E-state index in [2.05, 4.69) is 128 Å². The molecule has 0 atom stereocenters. The second-order valence-electron chi connectivity index (χ2n) is 7.79. The van der Waals surface area contributed by atoms with Crippen LogP contribution in [0.3, 0.4) is 0 Å². The van der Waals surface area contributed by atoms with Gasteiger partial charge >= 0.3 is 0 Å². The molecule has 4 aromatic rings. The minimum Gasteiger partial charge on any atom is -0.175 e. The maximum atomic E-state index is 4.49. The van der Waals surface area contributed by atoms with Gasteiger partial charge in [0.2, 0.25) is 0 Å². The second kappa shape index (κ2) is 11.1. The third-order valence-electron chi connectivity index (χ3n) is 6.14. The van der Waals surface area contributed by atoms with Gasteiger partial charge in [0, 0.05) is 20.4 Å². The number of hydrogen-bond acceptors (Lipinski definition) is 4. The van der Waals surface area contributed by atoms with Gasteiger partial charge < -0.3 is 0 Å². The van der Waals surface area contributed by atoms with Crippen LogP contribution in [0, 0.1) is 0 Å². The van der Waals surface area contributed by atoms with E-state index >= 15 is 0 Å². The molecular formula is C29H28S4. The van der Waals surface area contributed by atoms with Crippen molar-refractivity contribution in [2.45, 2.75) is 25.9 Å². The van der Waals surface area contributed by atoms with Gasteiger partial charge in [0.15, 0.2) is 0 Å². The van der Waals surface area contributed by atoms with E-state index in [1.807, 2.05) is 0 Å². The Morgan fingerprint density at radius 1 is 0.485 bits per heavy atom. The zero-order chi connectivity index (χ0) is 23.3. The van der Waals surface area contributed by atoms with Crippen LogP contribution in [0.1, 0.15) is 27.8 Å². The van der Waals surface area contributed by atoms with Crippen LogP contribution in [0.4, 0.5) is 0 Å². The molecule has 0 aliphatic heterocycles. The Kier molecular flexibility index (Phi) is 8.24. The summed E-state index contributed by atoms with van der Waals surface area (Å²) in [6.07, 6.45) is 6.38. The van der Waals surface area contributed by atoms with Crippen LogP contribution >= 0.6 is 47.9 Å². The summed E-state index contributed by atoms with van der Waals surface area (Å²) >= 11 is 9.81. The minimum atomic E-state index is -0.417. The fourth-order valence-electron chi connectivity index (χ4n) is 4.38. The quantitative estimate of drug-likeness (QED) is 0.145. The second-order valence-corrected chi connectivity index (χ2v) is 10.7. The topological polar surface area (TPSA) is 0 Å². The lowest BCUT2D eigenvalue weighted by molar-refractivity contribution is 0.741. The Morgan fingerprint density at radius 2 is 0.758 bits per heavy atom. The first-order chi connectivity index (χ1) is 16.1. The maximum absolute atomic E-state index is 4.49. The average molecular weight is 505 g/mol. The van der Waals surface area contributed by atoms with Crippen molar-refractivity contribution in [3.63, 3.8) is 0 Å². The Bertz CT molecular complexity index is 967. The predicted octanol–water partition coefficient (Wildman–Crippen LogP) is 8.66. The molecule has 0 aliphatic carbocycles. The van der Waals surface area contributed by atoms with Crippen molar-refractivity contribution in [2.24, 2.45) is 0 Å². The zero-order valence-electron chi connectivity index (χ0n) is 19.1. The van der Waals surface area contributed by atoms with Crippen molar-refractivity contribution in [3.8, 4) is 0 Å². The SMILES string of the molecule is CSc1ccc(C(c2ccc(CS)cc2)(c2ccc(SC)cc2)c2ccc(SC)cc2)cc1. The molecule has 0 heterocycles. The van der Waals surface area contributed by atoms with E-state index in [-0.39, 0.29) is 0 Å². The largest absolute Gasteiger partial charge is 0.175 e. The van der Waals surface area contributed by atoms with Crippen LogP contribution in [0.5, 0.6) is 0 Å². The van der Waals surface area contributed by atoms with Gasteiger partial charge in [-0.3, -0.25) is 0 Å². The van der Waals surface area contributed by atoms with Gasteiger partial charge in [-0.2, -0.15) is 12.6 Å². The Balaban J connectivity index is 2.05. The average Bonchev–Trinajstić information content (AvgIpc) is 2.90. The van der Waals surface area contributed by atoms with Crippen molar-refractivity contribution in [1.29, 1.82) is 0 Å². The molecule has 4 heteroatoms. The summed E-state index contributed by atoms with van der Waals surface area (Å²) in [5.74, 6) is 0.737. The fourth-order valence-corrected chi connectivity index (χ4v) is 5.82. The molecule has 4 rings (SSSR count). The Hall–Kier alpha value is -1.72. The zero-order valence-corrected chi connectivity index (χ0v) is 22.5. The molecule has 33 heavy (non-hydrogen) atoms. The van der Waals surface area contributed by atoms with Crippen LogP contribution < -0.4 is 0 Å². The highest BCUT2D eigenvalue weighted by atomic mass is 32.2. The molecule has 0 nitrogen and oxygen atoms in total. The molecule has 0 saturated carbocycles. The highest BCUT2D eigenvalue weighted by molar-refractivity contribution is 7.99. The molecule has 0 radical (unpaired) electrons. The van der Waals surface area contributed by atoms with Gasteiger partial charge in [0.05, 0.1) is 5.41 Å². The molecule has 0 unspecified atom stereocenters. The Morgan fingerprint density at radius 3 is 1.00 bits per heavy atom. The number of hydrogen-bond donors (Lipinski definition) is 1. The van der Waals surface area contributed by atoms with E-state index in [1.54, 1.807) is 35.3 Å². The molecule has 0 aliphatic rings. The summed E-state index contributed by atoms with van der Waals surface area (Å²) in [5, 5.41) is 0. The third-order valence-corrected chi connectivity index (χ3v) is 8.73. The highest BCUT2D eigenvalue weighted by Gasteiger charge is 2.38. The van der Waals surface area contributed by atoms with Crippen molar-refractivity contribution < 1.29 is 0 Å². The van der Waals surface area contributed by atoms with Crippen LogP contribution in [-0.2, 0) is 11.2 Å². The molecule has 168 valence electrons. The lowest BCUT2D eigenvalue weighted by Crippen LogP contribution is -2.31. The molecule has 0 bridgehead atoms. The van der Waals surface area contributed by atoms with Gasteiger partial charge in [-0.1, -0.05) is 60.7 Å². The van der Waals surface area contributed by atoms with Crippen molar-refractivity contribution in [2.75, 3.05) is 18.8 Å². The van der Waals surface area contributed by atoms with Gasteiger partial charge in [-0.05, 0) is 83.0 Å². The predicted molar refractivity (Wildman–Crippen MR) is 153 cm³/mol. The van der Waals surface area contributed by atoms with E-state index in [0.717, 1.165) is 5.75 Å². The minimum absolute atomic E-state index is 0.417. The molecule has 0 aromatic heterocycles. The first kappa shape index (κ1) is 24.4. The number of rotatable bonds is 8. The van der Waals surface area contributed by atoms with Crippen LogP contribution in [0.15, 0.2) is 112 Å². The Labute approximate surface area is 216 Å². The standard InChI is InChI=1S/C29H28S4/c1-31-26-14-8-23(9-15-26)29(22-6-4-21(20-30)5-7-22,24-10-16-27(32-2)17-11-24)25-12-18-28(33-3)19-13-25/h4-19,30H,20H2,1-3H3. The first-order valence-electron chi connectivity index (χ1n) is 10.8. The van der Waals surface area contributed by atoms with E-state index in [1.165, 1.54) is 42.5 Å². The number of benzene rings is 4. The molecule has 4 aromatic carbocycles. The smallest absolute Gasteiger partial charge is 0.0701 e. The van der Waals surface area contributed by atoms with E-state index in [0.29, 0.717) is 0 Å². The van der Waals surface area contributed by atoms with Gasteiger partial charge in [0.25, 0.3) is 0 Å². The van der Waals surface area contributed by atoms with Crippen molar-refractivity contribution in [1.82, 2.24) is 0 Å². The molecule has 0 N–H and O–H groups in total. The third kappa shape index (κ3) is 4.90. The van der Waals surface area contributed by atoms with Crippen molar-refractivity contribution in [3.05, 3.63) is 125 Å². The van der Waals surface area contributed by atoms with E-state index in [4.69, 9.17) is 0 Å². The summed E-state index contributed by atoms with van der Waals surface area (Å²) in [7, 11) is 0. The monoisotopic (exact) mass is 504 g/mol. The van der Waals surface area contributed by atoms with Crippen LogP contribution in [0.25, 0.3) is 0 Å². The normalized spacial score (nSPS) is 11.5. The van der Waals surface area contributed by atoms with Crippen LogP contribution in [-0.4, -0.2) is 18.8 Å². The number of thiol groups is 1.